The summed E-state index contributed by atoms with van der Waals surface area (Å²) < 4.78 is 5.35. The molecule has 0 aliphatic heterocycles. The Balaban J connectivity index is 2.10. The molecule has 0 fully saturated rings. The van der Waals surface area contributed by atoms with Crippen LogP contribution < -0.4 is 5.32 Å². The van der Waals surface area contributed by atoms with Gasteiger partial charge in [0.2, 0.25) is 5.91 Å². The van der Waals surface area contributed by atoms with Crippen molar-refractivity contribution in [2.24, 2.45) is 0 Å². The zero-order valence-corrected chi connectivity index (χ0v) is 12.1. The van der Waals surface area contributed by atoms with Gasteiger partial charge in [-0.15, -0.1) is 22.9 Å². The maximum atomic E-state index is 11.6. The highest BCUT2D eigenvalue weighted by Crippen LogP contribution is 2.11. The minimum absolute atomic E-state index is 0.0236. The molecule has 0 atom stereocenters. The van der Waals surface area contributed by atoms with E-state index in [0.717, 1.165) is 30.2 Å². The molecule has 18 heavy (non-hydrogen) atoms. The number of nitrogens with one attached hydrogen (secondary N) is 1. The Morgan fingerprint density at radius 1 is 1.56 bits per heavy atom. The zero-order chi connectivity index (χ0) is 13.2. The summed E-state index contributed by atoms with van der Waals surface area (Å²) in [5, 5.41) is 5.48. The fraction of sp³-hybridized carbons (Fsp3) is 0.667. The van der Waals surface area contributed by atoms with Gasteiger partial charge >= 0.3 is 0 Å². The van der Waals surface area contributed by atoms with Gasteiger partial charge in [-0.3, -0.25) is 4.79 Å². The highest BCUT2D eigenvalue weighted by atomic mass is 35.5. The van der Waals surface area contributed by atoms with Gasteiger partial charge in [0.05, 0.1) is 24.6 Å². The van der Waals surface area contributed by atoms with E-state index in [2.05, 4.69) is 17.2 Å². The Bertz CT molecular complexity index is 358. The van der Waals surface area contributed by atoms with Crippen LogP contribution in [0.2, 0.25) is 0 Å². The summed E-state index contributed by atoms with van der Waals surface area (Å²) in [5.74, 6) is 0.369. The van der Waals surface area contributed by atoms with Crippen LogP contribution in [0.4, 0.5) is 0 Å². The van der Waals surface area contributed by atoms with E-state index in [1.165, 1.54) is 11.3 Å². The standard InChI is InChI=1S/C12H19ClN2O2S/c1-2-3-5-17-6-4-14-11(16)7-12-15-10(8-13)9-18-12/h9H,2-8H2,1H3,(H,14,16). The van der Waals surface area contributed by atoms with Crippen LogP contribution in [0.5, 0.6) is 0 Å². The molecule has 0 aliphatic rings. The van der Waals surface area contributed by atoms with E-state index in [4.69, 9.17) is 16.3 Å². The molecule has 0 unspecified atom stereocenters. The van der Waals surface area contributed by atoms with Crippen molar-refractivity contribution in [3.8, 4) is 0 Å². The molecule has 0 saturated heterocycles. The van der Waals surface area contributed by atoms with Crippen LogP contribution in [-0.2, 0) is 21.8 Å². The minimum atomic E-state index is -0.0236. The monoisotopic (exact) mass is 290 g/mol. The topological polar surface area (TPSA) is 51.2 Å². The van der Waals surface area contributed by atoms with Crippen molar-refractivity contribution in [2.45, 2.75) is 32.1 Å². The maximum absolute atomic E-state index is 11.6. The van der Waals surface area contributed by atoms with E-state index in [1.54, 1.807) is 0 Å². The summed E-state index contributed by atoms with van der Waals surface area (Å²) in [5.41, 5.74) is 0.826. The van der Waals surface area contributed by atoms with Gasteiger partial charge in [0.15, 0.2) is 0 Å². The lowest BCUT2D eigenvalue weighted by atomic mass is 10.4. The van der Waals surface area contributed by atoms with Crippen LogP contribution in [0.3, 0.4) is 0 Å². The van der Waals surface area contributed by atoms with Crippen LogP contribution in [0.25, 0.3) is 0 Å². The molecule has 1 aromatic heterocycles. The second kappa shape index (κ2) is 9.30. The zero-order valence-electron chi connectivity index (χ0n) is 10.6. The van der Waals surface area contributed by atoms with Gasteiger partial charge in [0.1, 0.15) is 5.01 Å². The molecule has 1 heterocycles. The Kier molecular flexibility index (Phi) is 7.96. The summed E-state index contributed by atoms with van der Waals surface area (Å²) in [7, 11) is 0. The average Bonchev–Trinajstić information content (AvgIpc) is 2.81. The van der Waals surface area contributed by atoms with E-state index in [0.29, 0.717) is 25.5 Å². The number of hydrogen-bond donors (Lipinski definition) is 1. The largest absolute Gasteiger partial charge is 0.380 e. The molecule has 0 aromatic carbocycles. The third-order valence-electron chi connectivity index (χ3n) is 2.26. The number of amides is 1. The van der Waals surface area contributed by atoms with Crippen molar-refractivity contribution in [1.82, 2.24) is 10.3 Å². The summed E-state index contributed by atoms with van der Waals surface area (Å²) in [6.45, 7) is 4.00. The summed E-state index contributed by atoms with van der Waals surface area (Å²) >= 11 is 7.11. The molecule has 0 saturated carbocycles. The van der Waals surface area contributed by atoms with Gasteiger partial charge in [-0.25, -0.2) is 4.98 Å². The maximum Gasteiger partial charge on any atom is 0.226 e. The van der Waals surface area contributed by atoms with E-state index in [9.17, 15) is 4.79 Å². The number of halogens is 1. The molecule has 0 bridgehead atoms. The third-order valence-corrected chi connectivity index (χ3v) is 3.43. The highest BCUT2D eigenvalue weighted by molar-refractivity contribution is 7.09. The second-order valence-corrected chi connectivity index (χ2v) is 5.07. The number of alkyl halides is 1. The van der Waals surface area contributed by atoms with E-state index in [-0.39, 0.29) is 5.91 Å². The first kappa shape index (κ1) is 15.4. The first-order chi connectivity index (χ1) is 8.76. The van der Waals surface area contributed by atoms with Gasteiger partial charge in [-0.2, -0.15) is 0 Å². The summed E-state index contributed by atoms with van der Waals surface area (Å²) in [4.78, 5) is 15.8. The first-order valence-electron chi connectivity index (χ1n) is 6.10. The molecule has 1 amide bonds. The van der Waals surface area contributed by atoms with Gasteiger partial charge in [-0.1, -0.05) is 13.3 Å². The molecule has 102 valence electrons. The number of thiazole rings is 1. The minimum Gasteiger partial charge on any atom is -0.380 e. The Morgan fingerprint density at radius 3 is 3.06 bits per heavy atom. The number of hydrogen-bond acceptors (Lipinski definition) is 4. The van der Waals surface area contributed by atoms with E-state index >= 15 is 0 Å². The van der Waals surface area contributed by atoms with Crippen molar-refractivity contribution in [2.75, 3.05) is 19.8 Å². The molecule has 1 aromatic rings. The summed E-state index contributed by atoms with van der Waals surface area (Å²) in [6, 6.07) is 0. The number of carbonyl (C=O) groups excluding carboxylic acids is 1. The number of ether oxygens (including phenoxy) is 1. The van der Waals surface area contributed by atoms with Gasteiger partial charge in [0, 0.05) is 18.5 Å². The fourth-order valence-corrected chi connectivity index (χ4v) is 2.32. The average molecular weight is 291 g/mol. The third kappa shape index (κ3) is 6.33. The van der Waals surface area contributed by atoms with Crippen molar-refractivity contribution in [1.29, 1.82) is 0 Å². The van der Waals surface area contributed by atoms with Gasteiger partial charge < -0.3 is 10.1 Å². The first-order valence-corrected chi connectivity index (χ1v) is 7.51. The Morgan fingerprint density at radius 2 is 2.39 bits per heavy atom. The van der Waals surface area contributed by atoms with Crippen LogP contribution in [0.1, 0.15) is 30.5 Å². The molecule has 0 spiro atoms. The van der Waals surface area contributed by atoms with Crippen molar-refractivity contribution in [3.05, 3.63) is 16.1 Å². The lowest BCUT2D eigenvalue weighted by molar-refractivity contribution is -0.120. The predicted molar refractivity (Wildman–Crippen MR) is 74.1 cm³/mol. The normalized spacial score (nSPS) is 10.6. The predicted octanol–water partition coefficient (Wildman–Crippen LogP) is 2.36. The lowest BCUT2D eigenvalue weighted by Gasteiger charge is -2.05. The molecule has 0 radical (unpaired) electrons. The van der Waals surface area contributed by atoms with Crippen LogP contribution >= 0.6 is 22.9 Å². The highest BCUT2D eigenvalue weighted by Gasteiger charge is 2.06. The molecule has 1 rings (SSSR count). The van der Waals surface area contributed by atoms with Crippen molar-refractivity contribution < 1.29 is 9.53 Å². The van der Waals surface area contributed by atoms with Crippen LogP contribution in [0.15, 0.2) is 5.38 Å². The summed E-state index contributed by atoms with van der Waals surface area (Å²) in [6.07, 6.45) is 2.50. The molecule has 6 heteroatoms. The number of carbonyl (C=O) groups is 1. The second-order valence-electron chi connectivity index (χ2n) is 3.86. The van der Waals surface area contributed by atoms with Crippen molar-refractivity contribution in [3.63, 3.8) is 0 Å². The molecule has 1 N–H and O–H groups in total. The van der Waals surface area contributed by atoms with Crippen molar-refractivity contribution >= 4 is 28.8 Å². The van der Waals surface area contributed by atoms with Gasteiger partial charge in [0.25, 0.3) is 0 Å². The molecular weight excluding hydrogens is 272 g/mol. The van der Waals surface area contributed by atoms with Crippen LogP contribution in [-0.4, -0.2) is 30.6 Å². The van der Waals surface area contributed by atoms with Gasteiger partial charge in [-0.05, 0) is 6.42 Å². The Labute approximate surface area is 117 Å². The van der Waals surface area contributed by atoms with E-state index in [1.807, 2.05) is 5.38 Å². The Hall–Kier alpha value is -0.650. The molecule has 4 nitrogen and oxygen atoms in total. The SMILES string of the molecule is CCCCOCCNC(=O)Cc1nc(CCl)cs1. The molecule has 0 aliphatic carbocycles. The quantitative estimate of drug-likeness (QED) is 0.561. The number of unbranched alkanes of at least 4 members (excludes halogenated alkanes) is 1. The molecular formula is C12H19ClN2O2S. The number of rotatable bonds is 9. The number of aromatic nitrogens is 1. The lowest BCUT2D eigenvalue weighted by Crippen LogP contribution is -2.28. The number of nitrogens with zero attached hydrogens (tertiary/aromatic N) is 1. The van der Waals surface area contributed by atoms with Crippen LogP contribution in [0, 0.1) is 0 Å². The fourth-order valence-electron chi connectivity index (χ4n) is 1.30. The van der Waals surface area contributed by atoms with E-state index < -0.39 is 0 Å². The smallest absolute Gasteiger partial charge is 0.226 e.